The minimum absolute atomic E-state index is 0.159. The van der Waals surface area contributed by atoms with Crippen LogP contribution in [-0.2, 0) is 6.42 Å². The topological polar surface area (TPSA) is 45.2 Å². The first-order valence-corrected chi connectivity index (χ1v) is 8.20. The molecule has 1 aliphatic rings. The maximum atomic E-state index is 12.8. The zero-order valence-corrected chi connectivity index (χ0v) is 13.9. The van der Waals surface area contributed by atoms with Crippen molar-refractivity contribution < 1.29 is 4.79 Å². The molecule has 1 aromatic heterocycles. The molecule has 4 nitrogen and oxygen atoms in total. The molecular weight excluding hydrogens is 270 g/mol. The van der Waals surface area contributed by atoms with Crippen LogP contribution >= 0.6 is 11.3 Å². The van der Waals surface area contributed by atoms with Gasteiger partial charge >= 0.3 is 0 Å². The van der Waals surface area contributed by atoms with Crippen molar-refractivity contribution in [3.63, 3.8) is 0 Å². The summed E-state index contributed by atoms with van der Waals surface area (Å²) >= 11 is 1.54. The van der Waals surface area contributed by atoms with Crippen molar-refractivity contribution in [2.45, 2.75) is 53.1 Å². The minimum atomic E-state index is 0.159. The average Bonchev–Trinajstić information content (AvgIpc) is 2.67. The number of hydrogen-bond donors (Lipinski definition) is 1. The second-order valence-electron chi connectivity index (χ2n) is 6.29. The van der Waals surface area contributed by atoms with E-state index in [1.54, 1.807) is 0 Å². The molecule has 112 valence electrons. The monoisotopic (exact) mass is 295 g/mol. The zero-order chi connectivity index (χ0) is 14.9. The Hall–Kier alpha value is -0.940. The molecule has 1 saturated heterocycles. The smallest absolute Gasteiger partial charge is 0.265 e. The van der Waals surface area contributed by atoms with E-state index >= 15 is 0 Å². The number of carbonyl (C=O) groups excluding carboxylic acids is 1. The van der Waals surface area contributed by atoms with Crippen molar-refractivity contribution in [1.29, 1.82) is 0 Å². The van der Waals surface area contributed by atoms with Crippen LogP contribution in [0, 0.1) is 12.8 Å². The van der Waals surface area contributed by atoms with Crippen molar-refractivity contribution >= 4 is 17.2 Å². The molecule has 0 aromatic carbocycles. The molecular formula is C15H25N3OS. The van der Waals surface area contributed by atoms with Crippen molar-refractivity contribution in [2.75, 3.05) is 13.1 Å². The van der Waals surface area contributed by atoms with Gasteiger partial charge in [0.1, 0.15) is 4.88 Å². The van der Waals surface area contributed by atoms with Gasteiger partial charge in [0.05, 0.1) is 10.7 Å². The third-order valence-electron chi connectivity index (χ3n) is 3.44. The van der Waals surface area contributed by atoms with Gasteiger partial charge in [-0.1, -0.05) is 13.8 Å². The molecule has 0 aliphatic carbocycles. The van der Waals surface area contributed by atoms with Crippen LogP contribution in [0.1, 0.15) is 48.1 Å². The number of amides is 1. The summed E-state index contributed by atoms with van der Waals surface area (Å²) < 4.78 is 0. The summed E-state index contributed by atoms with van der Waals surface area (Å²) in [6.45, 7) is 12.1. The maximum Gasteiger partial charge on any atom is 0.265 e. The Morgan fingerprint density at radius 3 is 2.55 bits per heavy atom. The third kappa shape index (κ3) is 3.58. The predicted octanol–water partition coefficient (Wildman–Crippen LogP) is 2.47. The van der Waals surface area contributed by atoms with E-state index in [2.05, 4.69) is 38.0 Å². The van der Waals surface area contributed by atoms with Gasteiger partial charge in [0, 0.05) is 25.2 Å². The van der Waals surface area contributed by atoms with E-state index in [0.717, 1.165) is 35.1 Å². The maximum absolute atomic E-state index is 12.8. The highest BCUT2D eigenvalue weighted by Gasteiger charge is 2.28. The predicted molar refractivity (Wildman–Crippen MR) is 83.4 cm³/mol. The van der Waals surface area contributed by atoms with Gasteiger partial charge in [-0.25, -0.2) is 4.98 Å². The molecule has 1 N–H and O–H groups in total. The van der Waals surface area contributed by atoms with Gasteiger partial charge in [0.2, 0.25) is 0 Å². The molecule has 1 fully saturated rings. The number of nitrogens with one attached hydrogen (secondary N) is 1. The lowest BCUT2D eigenvalue weighted by Crippen LogP contribution is -2.55. The fourth-order valence-electron chi connectivity index (χ4n) is 2.80. The Morgan fingerprint density at radius 2 is 2.00 bits per heavy atom. The quantitative estimate of drug-likeness (QED) is 0.932. The summed E-state index contributed by atoms with van der Waals surface area (Å²) in [4.78, 5) is 20.2. The number of hydrogen-bond acceptors (Lipinski definition) is 4. The van der Waals surface area contributed by atoms with Crippen LogP contribution < -0.4 is 5.32 Å². The van der Waals surface area contributed by atoms with E-state index in [9.17, 15) is 4.79 Å². The van der Waals surface area contributed by atoms with Gasteiger partial charge < -0.3 is 10.2 Å². The molecule has 2 rings (SSSR count). The van der Waals surface area contributed by atoms with Crippen LogP contribution in [0.15, 0.2) is 0 Å². The Balaban J connectivity index is 2.20. The molecule has 2 atom stereocenters. The van der Waals surface area contributed by atoms with Gasteiger partial charge in [-0.05, 0) is 33.1 Å². The van der Waals surface area contributed by atoms with Crippen molar-refractivity contribution in [3.8, 4) is 0 Å². The first-order chi connectivity index (χ1) is 9.36. The number of aromatic nitrogens is 1. The molecule has 0 saturated carbocycles. The molecule has 5 heteroatoms. The Labute approximate surface area is 125 Å². The number of thiazole rings is 1. The lowest BCUT2D eigenvalue weighted by atomic mass is 10.1. The highest BCUT2D eigenvalue weighted by atomic mass is 32.1. The number of nitrogens with zero attached hydrogens (tertiary/aromatic N) is 2. The third-order valence-corrected chi connectivity index (χ3v) is 4.45. The van der Waals surface area contributed by atoms with Gasteiger partial charge in [0.25, 0.3) is 5.91 Å². The van der Waals surface area contributed by atoms with Crippen molar-refractivity contribution in [3.05, 3.63) is 15.6 Å². The Morgan fingerprint density at radius 1 is 1.40 bits per heavy atom. The molecule has 20 heavy (non-hydrogen) atoms. The molecule has 0 radical (unpaired) electrons. The van der Waals surface area contributed by atoms with Crippen LogP contribution in [0.2, 0.25) is 0 Å². The van der Waals surface area contributed by atoms with E-state index in [1.807, 2.05) is 11.8 Å². The van der Waals surface area contributed by atoms with Crippen LogP contribution in [0.25, 0.3) is 0 Å². The van der Waals surface area contributed by atoms with E-state index in [0.29, 0.717) is 18.0 Å². The number of piperazine rings is 1. The molecule has 2 heterocycles. The van der Waals surface area contributed by atoms with Crippen LogP contribution in [0.4, 0.5) is 0 Å². The lowest BCUT2D eigenvalue weighted by Gasteiger charge is -2.36. The van der Waals surface area contributed by atoms with Crippen molar-refractivity contribution in [1.82, 2.24) is 15.2 Å². The minimum Gasteiger partial charge on any atom is -0.335 e. The first kappa shape index (κ1) is 15.4. The molecule has 0 spiro atoms. The van der Waals surface area contributed by atoms with E-state index in [1.165, 1.54) is 11.3 Å². The highest BCUT2D eigenvalue weighted by molar-refractivity contribution is 7.13. The van der Waals surface area contributed by atoms with Gasteiger partial charge in [-0.15, -0.1) is 11.3 Å². The van der Waals surface area contributed by atoms with Crippen LogP contribution in [0.5, 0.6) is 0 Å². The number of aryl methyl sites for hydroxylation is 1. The second kappa shape index (κ2) is 6.22. The van der Waals surface area contributed by atoms with Gasteiger partial charge in [-0.3, -0.25) is 4.79 Å². The summed E-state index contributed by atoms with van der Waals surface area (Å²) in [7, 11) is 0. The van der Waals surface area contributed by atoms with E-state index in [4.69, 9.17) is 0 Å². The largest absolute Gasteiger partial charge is 0.335 e. The summed E-state index contributed by atoms with van der Waals surface area (Å²) in [6, 6.07) is 0.704. The molecule has 1 aliphatic heterocycles. The number of rotatable bonds is 3. The summed E-state index contributed by atoms with van der Waals surface area (Å²) in [5.74, 6) is 0.676. The molecule has 0 unspecified atom stereocenters. The Bertz CT molecular complexity index is 473. The van der Waals surface area contributed by atoms with E-state index < -0.39 is 0 Å². The number of carbonyl (C=O) groups is 1. The fraction of sp³-hybridized carbons (Fsp3) is 0.733. The molecule has 1 amide bonds. The summed E-state index contributed by atoms with van der Waals surface area (Å²) in [5.41, 5.74) is 0.978. The van der Waals surface area contributed by atoms with Gasteiger partial charge in [0.15, 0.2) is 0 Å². The van der Waals surface area contributed by atoms with Crippen molar-refractivity contribution in [2.24, 2.45) is 5.92 Å². The average molecular weight is 295 g/mol. The first-order valence-electron chi connectivity index (χ1n) is 7.38. The Kier molecular flexibility index (Phi) is 4.81. The summed E-state index contributed by atoms with van der Waals surface area (Å²) in [5, 5.41) is 4.45. The van der Waals surface area contributed by atoms with Crippen LogP contribution in [0.3, 0.4) is 0 Å². The molecule has 0 bridgehead atoms. The highest BCUT2D eigenvalue weighted by Crippen LogP contribution is 2.23. The standard InChI is InChI=1S/C15H25N3OS/c1-9(2)6-13-14(20-12(5)17-13)15(19)18-7-10(3)16-11(4)8-18/h9-11,16H,6-8H2,1-5H3/t10-,11-/m1/s1. The SMILES string of the molecule is Cc1nc(CC(C)C)c(C(=O)N2C[C@@H](C)N[C@H](C)C2)s1. The second-order valence-corrected chi connectivity index (χ2v) is 7.49. The van der Waals surface area contributed by atoms with Crippen LogP contribution in [-0.4, -0.2) is 41.0 Å². The van der Waals surface area contributed by atoms with E-state index in [-0.39, 0.29) is 5.91 Å². The fourth-order valence-corrected chi connectivity index (χ4v) is 3.71. The lowest BCUT2D eigenvalue weighted by molar-refractivity contribution is 0.0677. The normalized spacial score (nSPS) is 23.4. The van der Waals surface area contributed by atoms with Gasteiger partial charge in [-0.2, -0.15) is 0 Å². The molecule has 1 aromatic rings. The zero-order valence-electron chi connectivity index (χ0n) is 13.1. The summed E-state index contributed by atoms with van der Waals surface area (Å²) in [6.07, 6.45) is 0.878.